The third-order valence-corrected chi connectivity index (χ3v) is 11.0. The number of ether oxygens (including phenoxy) is 1. The SMILES string of the molecule is CC(C)NC(=O)NCc1ccc2c(c1)CN(C(=O)[C@H](N)Cc1ccc(Cl)cc1Cl)C2.COC(=O)C(=O)NCc1ccc2c(c1)CN(C(=O)[C@H](N)Cc1ccc(Cl)cc1Cl)C2. The van der Waals surface area contributed by atoms with Crippen molar-refractivity contribution in [2.45, 2.75) is 84.1 Å². The Balaban J connectivity index is 0.000000228. The van der Waals surface area contributed by atoms with Gasteiger partial charge in [-0.2, -0.15) is 0 Å². The molecule has 0 saturated carbocycles. The van der Waals surface area contributed by atoms with Gasteiger partial charge in [-0.05, 0) is 95.5 Å². The second-order valence-corrected chi connectivity index (χ2v) is 16.5. The summed E-state index contributed by atoms with van der Waals surface area (Å²) in [6, 6.07) is 20.4. The largest absolute Gasteiger partial charge is 0.462 e. The number of urea groups is 1. The molecule has 0 fully saturated rings. The topological polar surface area (TPSA) is 189 Å². The Morgan fingerprint density at radius 2 is 1.07 bits per heavy atom. The molecule has 0 aromatic heterocycles. The number of nitrogens with one attached hydrogen (secondary N) is 3. The van der Waals surface area contributed by atoms with Crippen molar-refractivity contribution in [3.05, 3.63) is 137 Å². The Morgan fingerprint density at radius 1 is 0.633 bits per heavy atom. The fourth-order valence-electron chi connectivity index (χ4n) is 6.76. The van der Waals surface area contributed by atoms with Gasteiger partial charge >= 0.3 is 17.9 Å². The van der Waals surface area contributed by atoms with Gasteiger partial charge in [-0.25, -0.2) is 9.59 Å². The van der Waals surface area contributed by atoms with Gasteiger partial charge in [-0.1, -0.05) is 94.9 Å². The van der Waals surface area contributed by atoms with Crippen LogP contribution in [0.2, 0.25) is 20.1 Å². The lowest BCUT2D eigenvalue weighted by Crippen LogP contribution is -2.42. The average molecular weight is 900 g/mol. The highest BCUT2D eigenvalue weighted by Gasteiger charge is 2.29. The molecule has 2 heterocycles. The molecule has 0 aliphatic carbocycles. The molecule has 318 valence electrons. The maximum absolute atomic E-state index is 12.9. The molecule has 5 amide bonds. The molecule has 4 aromatic carbocycles. The first-order valence-corrected chi connectivity index (χ1v) is 20.6. The molecule has 2 aliphatic heterocycles. The lowest BCUT2D eigenvalue weighted by Gasteiger charge is -2.20. The van der Waals surface area contributed by atoms with Crippen LogP contribution in [0.1, 0.15) is 58.4 Å². The highest BCUT2D eigenvalue weighted by Crippen LogP contribution is 2.28. The number of hydrogen-bond donors (Lipinski definition) is 5. The van der Waals surface area contributed by atoms with E-state index in [1.165, 1.54) is 0 Å². The summed E-state index contributed by atoms with van der Waals surface area (Å²) in [5.41, 5.74) is 19.9. The van der Waals surface area contributed by atoms with Gasteiger partial charge in [-0.15, -0.1) is 0 Å². The van der Waals surface area contributed by atoms with E-state index in [1.807, 2.05) is 50.2 Å². The molecule has 0 bridgehead atoms. The molecular weight excluding hydrogens is 852 g/mol. The zero-order valence-corrected chi connectivity index (χ0v) is 36.4. The van der Waals surface area contributed by atoms with E-state index < -0.39 is 24.0 Å². The maximum Gasteiger partial charge on any atom is 0.396 e. The van der Waals surface area contributed by atoms with Crippen molar-refractivity contribution >= 4 is 76.1 Å². The average Bonchev–Trinajstić information content (AvgIpc) is 3.84. The lowest BCUT2D eigenvalue weighted by atomic mass is 10.1. The number of rotatable bonds is 11. The van der Waals surface area contributed by atoms with Crippen molar-refractivity contribution < 1.29 is 28.7 Å². The number of fused-ring (bicyclic) bond motifs is 2. The number of benzene rings is 4. The lowest BCUT2D eigenvalue weighted by molar-refractivity contribution is -0.152. The summed E-state index contributed by atoms with van der Waals surface area (Å²) in [4.78, 5) is 63.6. The minimum atomic E-state index is -0.942. The number of nitrogens with zero attached hydrogens (tertiary/aromatic N) is 2. The molecule has 7 N–H and O–H groups in total. The van der Waals surface area contributed by atoms with E-state index in [0.29, 0.717) is 65.7 Å². The van der Waals surface area contributed by atoms with Crippen LogP contribution in [0.3, 0.4) is 0 Å². The van der Waals surface area contributed by atoms with Crippen LogP contribution < -0.4 is 27.4 Å². The minimum Gasteiger partial charge on any atom is -0.462 e. The summed E-state index contributed by atoms with van der Waals surface area (Å²) >= 11 is 24.2. The minimum absolute atomic E-state index is 0.0801. The summed E-state index contributed by atoms with van der Waals surface area (Å²) in [5.74, 6) is -2.03. The molecule has 60 heavy (non-hydrogen) atoms. The van der Waals surface area contributed by atoms with Gasteiger partial charge in [0, 0.05) is 65.4 Å². The van der Waals surface area contributed by atoms with Crippen LogP contribution in [-0.4, -0.2) is 64.8 Å². The quantitative estimate of drug-likeness (QED) is 0.0922. The number of nitrogens with two attached hydrogens (primary N) is 2. The first-order chi connectivity index (χ1) is 28.5. The molecule has 17 heteroatoms. The van der Waals surface area contributed by atoms with Crippen molar-refractivity contribution in [3.8, 4) is 0 Å². The van der Waals surface area contributed by atoms with Gasteiger partial charge in [0.2, 0.25) is 11.8 Å². The van der Waals surface area contributed by atoms with Gasteiger partial charge in [0.15, 0.2) is 0 Å². The highest BCUT2D eigenvalue weighted by atomic mass is 35.5. The molecule has 2 atom stereocenters. The monoisotopic (exact) mass is 897 g/mol. The van der Waals surface area contributed by atoms with Crippen LogP contribution in [0.25, 0.3) is 0 Å². The molecule has 2 aliphatic rings. The van der Waals surface area contributed by atoms with E-state index >= 15 is 0 Å². The third-order valence-electron chi connectivity index (χ3n) is 9.85. The van der Waals surface area contributed by atoms with Gasteiger partial charge in [0.1, 0.15) is 0 Å². The number of carbonyl (C=O) groups is 5. The molecule has 0 radical (unpaired) electrons. The van der Waals surface area contributed by atoms with E-state index in [2.05, 4.69) is 20.7 Å². The molecule has 0 unspecified atom stereocenters. The van der Waals surface area contributed by atoms with Gasteiger partial charge in [0.05, 0.1) is 19.2 Å². The summed E-state index contributed by atoms with van der Waals surface area (Å²) in [7, 11) is 1.15. The molecular formula is C43H47Cl4N7O6. The number of methoxy groups -OCH3 is 1. The highest BCUT2D eigenvalue weighted by molar-refractivity contribution is 6.35. The molecule has 0 spiro atoms. The smallest absolute Gasteiger partial charge is 0.396 e. The van der Waals surface area contributed by atoms with E-state index in [9.17, 15) is 24.0 Å². The Bertz CT molecular complexity index is 2260. The maximum atomic E-state index is 12.9. The van der Waals surface area contributed by atoms with Crippen LogP contribution in [-0.2, 0) is 76.0 Å². The first kappa shape index (κ1) is 46.2. The second-order valence-electron chi connectivity index (χ2n) is 14.8. The molecule has 13 nitrogen and oxygen atoms in total. The number of halogens is 4. The van der Waals surface area contributed by atoms with Crippen LogP contribution in [0.4, 0.5) is 4.79 Å². The van der Waals surface area contributed by atoms with E-state index in [1.54, 1.807) is 46.2 Å². The zero-order chi connectivity index (χ0) is 43.7. The molecule has 0 saturated heterocycles. The summed E-state index contributed by atoms with van der Waals surface area (Å²) in [5, 5.41) is 10.2. The Morgan fingerprint density at radius 3 is 1.48 bits per heavy atom. The fraction of sp³-hybridized carbons (Fsp3) is 0.326. The fourth-order valence-corrected chi connectivity index (χ4v) is 7.73. The Labute approximate surface area is 369 Å². The normalized spacial score (nSPS) is 13.7. The zero-order valence-electron chi connectivity index (χ0n) is 33.3. The van der Waals surface area contributed by atoms with Crippen molar-refractivity contribution in [1.29, 1.82) is 0 Å². The number of carbonyl (C=O) groups excluding carboxylic acids is 5. The molecule has 4 aromatic rings. The van der Waals surface area contributed by atoms with Gasteiger partial charge in [0.25, 0.3) is 0 Å². The van der Waals surface area contributed by atoms with E-state index in [4.69, 9.17) is 57.9 Å². The van der Waals surface area contributed by atoms with Crippen LogP contribution in [0.5, 0.6) is 0 Å². The number of esters is 1. The predicted octanol–water partition coefficient (Wildman–Crippen LogP) is 5.81. The second kappa shape index (κ2) is 21.1. The Kier molecular flexibility index (Phi) is 16.2. The van der Waals surface area contributed by atoms with E-state index in [-0.39, 0.29) is 30.4 Å². The third kappa shape index (κ3) is 12.6. The van der Waals surface area contributed by atoms with Crippen LogP contribution in [0.15, 0.2) is 72.8 Å². The standard InChI is InChI=1S/C22H26Cl2N4O2.C21H21Cl2N3O4/c1-13(2)27-22(30)26-10-14-3-4-16-11-28(12-17(16)7-14)21(29)20(25)8-15-5-6-18(23)9-19(15)24;1-30-21(29)19(27)25-9-12-2-3-14-10-26(11-15(14)6-12)20(28)18(24)7-13-4-5-16(22)8-17(13)23/h3-7,9,13,20H,8,10-12,25H2,1-2H3,(H2,26,27,30);2-6,8,18H,7,9-11,24H2,1H3,(H,25,27)/t20-;18-/m11/s1. The summed E-state index contributed by atoms with van der Waals surface area (Å²) in [6.45, 7) is 6.34. The number of amides is 5. The van der Waals surface area contributed by atoms with Gasteiger partial charge < -0.3 is 42.0 Å². The first-order valence-electron chi connectivity index (χ1n) is 19.1. The number of hydrogen-bond acceptors (Lipinski definition) is 8. The predicted molar refractivity (Wildman–Crippen MR) is 232 cm³/mol. The summed E-state index contributed by atoms with van der Waals surface area (Å²) in [6.07, 6.45) is 0.661. The van der Waals surface area contributed by atoms with Crippen molar-refractivity contribution in [1.82, 2.24) is 25.8 Å². The Hall–Kier alpha value is -4.89. The molecule has 6 rings (SSSR count). The van der Waals surface area contributed by atoms with Crippen molar-refractivity contribution in [3.63, 3.8) is 0 Å². The van der Waals surface area contributed by atoms with Crippen LogP contribution >= 0.6 is 46.4 Å². The van der Waals surface area contributed by atoms with Crippen molar-refractivity contribution in [2.75, 3.05) is 7.11 Å². The summed E-state index contributed by atoms with van der Waals surface area (Å²) < 4.78 is 4.37. The van der Waals surface area contributed by atoms with Crippen LogP contribution in [0, 0.1) is 0 Å². The van der Waals surface area contributed by atoms with Crippen molar-refractivity contribution in [2.24, 2.45) is 11.5 Å². The van der Waals surface area contributed by atoms with Gasteiger partial charge in [-0.3, -0.25) is 14.4 Å². The van der Waals surface area contributed by atoms with E-state index in [0.717, 1.165) is 51.6 Å².